The highest BCUT2D eigenvalue weighted by Crippen LogP contribution is 2.18. The number of unbranched alkanes of at least 4 members (excludes halogenated alkanes) is 5. The molecule has 0 aliphatic rings. The van der Waals surface area contributed by atoms with E-state index < -0.39 is 16.0 Å². The number of sulfonamides is 1. The van der Waals surface area contributed by atoms with Gasteiger partial charge in [0, 0.05) is 19.5 Å². The second kappa shape index (κ2) is 13.0. The first-order chi connectivity index (χ1) is 13.3. The molecule has 0 fully saturated rings. The third-order valence-electron chi connectivity index (χ3n) is 4.15. The van der Waals surface area contributed by atoms with Crippen molar-refractivity contribution in [2.45, 2.75) is 63.3 Å². The molecule has 0 saturated carbocycles. The van der Waals surface area contributed by atoms with E-state index in [2.05, 4.69) is 23.2 Å². The molecular formula is C19H30IN3O4S. The van der Waals surface area contributed by atoms with Gasteiger partial charge in [-0.25, -0.2) is 4.98 Å². The van der Waals surface area contributed by atoms with Crippen LogP contribution in [0.5, 0.6) is 0 Å². The summed E-state index contributed by atoms with van der Waals surface area (Å²) in [6.07, 6.45) is 7.41. The SMILES string of the molecule is C=C(I)NS(=O)(=O)c1cccc(N(CCCCCCCC)CCCC(=O)O)n1. The molecule has 0 unspecified atom stereocenters. The topological polar surface area (TPSA) is 99.6 Å². The highest BCUT2D eigenvalue weighted by atomic mass is 127. The third-order valence-corrected chi connectivity index (χ3v) is 6.08. The van der Waals surface area contributed by atoms with Gasteiger partial charge in [-0.05, 0) is 47.6 Å². The zero-order valence-corrected chi connectivity index (χ0v) is 19.3. The minimum absolute atomic E-state index is 0.0706. The molecule has 1 aromatic heterocycles. The first-order valence-electron chi connectivity index (χ1n) is 9.57. The van der Waals surface area contributed by atoms with Crippen molar-refractivity contribution in [2.24, 2.45) is 0 Å². The van der Waals surface area contributed by atoms with Gasteiger partial charge in [0.05, 0.1) is 3.70 Å². The summed E-state index contributed by atoms with van der Waals surface area (Å²) in [6.45, 7) is 6.97. The zero-order valence-electron chi connectivity index (χ0n) is 16.4. The minimum Gasteiger partial charge on any atom is -0.481 e. The first kappa shape index (κ1) is 24.7. The highest BCUT2D eigenvalue weighted by molar-refractivity contribution is 14.1. The average molecular weight is 523 g/mol. The second-order valence-electron chi connectivity index (χ2n) is 6.60. The Bertz CT molecular complexity index is 740. The molecule has 0 amide bonds. The number of nitrogens with zero attached hydrogens (tertiary/aromatic N) is 2. The van der Waals surface area contributed by atoms with Crippen LogP contribution in [0.3, 0.4) is 0 Å². The second-order valence-corrected chi connectivity index (χ2v) is 9.53. The maximum absolute atomic E-state index is 12.3. The van der Waals surface area contributed by atoms with Crippen molar-refractivity contribution in [3.63, 3.8) is 0 Å². The predicted molar refractivity (Wildman–Crippen MR) is 120 cm³/mol. The number of halogens is 1. The Morgan fingerprint density at radius 1 is 1.18 bits per heavy atom. The summed E-state index contributed by atoms with van der Waals surface area (Å²) in [5.74, 6) is -0.297. The number of hydrogen-bond acceptors (Lipinski definition) is 5. The molecule has 0 atom stereocenters. The number of pyridine rings is 1. The van der Waals surface area contributed by atoms with Crippen molar-refractivity contribution in [2.75, 3.05) is 18.0 Å². The van der Waals surface area contributed by atoms with Crippen LogP contribution in [0, 0.1) is 0 Å². The lowest BCUT2D eigenvalue weighted by Crippen LogP contribution is -2.28. The number of carbonyl (C=O) groups is 1. The van der Waals surface area contributed by atoms with Crippen molar-refractivity contribution < 1.29 is 18.3 Å². The van der Waals surface area contributed by atoms with Gasteiger partial charge in [0.2, 0.25) is 0 Å². The lowest BCUT2D eigenvalue weighted by atomic mass is 10.1. The highest BCUT2D eigenvalue weighted by Gasteiger charge is 2.18. The number of anilines is 1. The van der Waals surface area contributed by atoms with Crippen LogP contribution in [0.15, 0.2) is 33.5 Å². The van der Waals surface area contributed by atoms with Gasteiger partial charge in [-0.3, -0.25) is 9.52 Å². The summed E-state index contributed by atoms with van der Waals surface area (Å²) >= 11 is 1.79. The smallest absolute Gasteiger partial charge is 0.303 e. The Balaban J connectivity index is 2.85. The predicted octanol–water partition coefficient (Wildman–Crippen LogP) is 4.30. The van der Waals surface area contributed by atoms with E-state index in [4.69, 9.17) is 5.11 Å². The summed E-state index contributed by atoms with van der Waals surface area (Å²) in [6, 6.07) is 4.85. The molecule has 0 aromatic carbocycles. The van der Waals surface area contributed by atoms with Crippen molar-refractivity contribution in [3.05, 3.63) is 28.5 Å². The third kappa shape index (κ3) is 9.72. The number of aromatic nitrogens is 1. The van der Waals surface area contributed by atoms with E-state index in [9.17, 15) is 13.2 Å². The molecule has 1 heterocycles. The minimum atomic E-state index is -3.77. The fourth-order valence-corrected chi connectivity index (χ4v) is 4.51. The van der Waals surface area contributed by atoms with Crippen molar-refractivity contribution in [3.8, 4) is 0 Å². The zero-order chi connectivity index (χ0) is 21.0. The summed E-state index contributed by atoms with van der Waals surface area (Å²) in [7, 11) is -3.77. The lowest BCUT2D eigenvalue weighted by molar-refractivity contribution is -0.137. The van der Waals surface area contributed by atoms with Crippen molar-refractivity contribution in [1.82, 2.24) is 9.71 Å². The molecule has 0 bridgehead atoms. The molecule has 28 heavy (non-hydrogen) atoms. The van der Waals surface area contributed by atoms with Crippen LogP contribution in [-0.2, 0) is 14.8 Å². The van der Waals surface area contributed by atoms with Crippen LogP contribution in [0.25, 0.3) is 0 Å². The molecule has 0 aliphatic heterocycles. The summed E-state index contributed by atoms with van der Waals surface area (Å²) < 4.78 is 27.3. The van der Waals surface area contributed by atoms with E-state index in [1.54, 1.807) is 34.7 Å². The molecule has 1 aromatic rings. The molecule has 2 N–H and O–H groups in total. The van der Waals surface area contributed by atoms with E-state index >= 15 is 0 Å². The molecule has 1 rings (SSSR count). The lowest BCUT2D eigenvalue weighted by Gasteiger charge is -2.24. The van der Waals surface area contributed by atoms with Crippen LogP contribution in [-0.4, -0.2) is 37.6 Å². The molecule has 7 nitrogen and oxygen atoms in total. The van der Waals surface area contributed by atoms with E-state index in [0.717, 1.165) is 12.8 Å². The molecular weight excluding hydrogens is 493 g/mol. The van der Waals surface area contributed by atoms with Gasteiger partial charge in [-0.15, -0.1) is 0 Å². The number of nitrogens with one attached hydrogen (secondary N) is 1. The van der Waals surface area contributed by atoms with Gasteiger partial charge >= 0.3 is 5.97 Å². The normalized spacial score (nSPS) is 11.2. The van der Waals surface area contributed by atoms with Gasteiger partial charge in [-0.2, -0.15) is 8.42 Å². The van der Waals surface area contributed by atoms with E-state index in [1.807, 2.05) is 4.90 Å². The number of carboxylic acids is 1. The van der Waals surface area contributed by atoms with Crippen LogP contribution in [0.2, 0.25) is 0 Å². The summed E-state index contributed by atoms with van der Waals surface area (Å²) in [4.78, 5) is 17.1. The largest absolute Gasteiger partial charge is 0.481 e. The molecule has 9 heteroatoms. The maximum atomic E-state index is 12.3. The molecule has 0 aliphatic carbocycles. The van der Waals surface area contributed by atoms with Crippen molar-refractivity contribution in [1.29, 1.82) is 0 Å². The fraction of sp³-hybridized carbons (Fsp3) is 0.579. The van der Waals surface area contributed by atoms with Crippen LogP contribution < -0.4 is 9.62 Å². The fourth-order valence-electron chi connectivity index (χ4n) is 2.77. The first-order valence-corrected chi connectivity index (χ1v) is 12.1. The Morgan fingerprint density at radius 2 is 1.82 bits per heavy atom. The quantitative estimate of drug-likeness (QED) is 0.202. The van der Waals surface area contributed by atoms with Gasteiger partial charge in [0.1, 0.15) is 5.82 Å². The maximum Gasteiger partial charge on any atom is 0.303 e. The molecule has 0 spiro atoms. The molecule has 0 radical (unpaired) electrons. The number of aliphatic carboxylic acids is 1. The summed E-state index contributed by atoms with van der Waals surface area (Å²) in [5, 5.41) is 8.82. The number of hydrogen-bond donors (Lipinski definition) is 2. The number of rotatable bonds is 15. The summed E-state index contributed by atoms with van der Waals surface area (Å²) in [5.41, 5.74) is 0. The van der Waals surface area contributed by atoms with Gasteiger partial charge in [-0.1, -0.05) is 51.7 Å². The Kier molecular flexibility index (Phi) is 11.4. The Morgan fingerprint density at radius 3 is 2.46 bits per heavy atom. The molecule has 158 valence electrons. The van der Waals surface area contributed by atoms with Gasteiger partial charge in [0.25, 0.3) is 10.0 Å². The standard InChI is InChI=1S/C19H30IN3O4S/c1-3-4-5-6-7-8-14-23(15-10-13-19(24)25)17-11-9-12-18(21-17)28(26,27)22-16(2)20/h9,11-12,22H,2-8,10,13-15H2,1H3,(H,24,25). The van der Waals surface area contributed by atoms with Crippen LogP contribution in [0.1, 0.15) is 58.3 Å². The van der Waals surface area contributed by atoms with Gasteiger partial charge < -0.3 is 10.0 Å². The molecule has 0 saturated heterocycles. The monoisotopic (exact) mass is 523 g/mol. The Labute approximate surface area is 181 Å². The Hall–Kier alpha value is -1.36. The van der Waals surface area contributed by atoms with Crippen LogP contribution in [0.4, 0.5) is 5.82 Å². The van der Waals surface area contributed by atoms with Crippen LogP contribution >= 0.6 is 22.6 Å². The van der Waals surface area contributed by atoms with E-state index in [-0.39, 0.29) is 15.2 Å². The number of carboxylic acid groups (broad SMARTS) is 1. The van der Waals surface area contributed by atoms with E-state index in [1.165, 1.54) is 31.7 Å². The average Bonchev–Trinajstić information content (AvgIpc) is 2.62. The van der Waals surface area contributed by atoms with Gasteiger partial charge in [0.15, 0.2) is 5.03 Å². The van der Waals surface area contributed by atoms with E-state index in [0.29, 0.717) is 25.3 Å². The van der Waals surface area contributed by atoms with Crippen molar-refractivity contribution >= 4 is 44.4 Å².